The number of imidazole rings is 1. The standard InChI is InChI=1S/C22H23N3O2/c26-22(16-27-15-17-8-2-1-3-9-17)24-19-11-5-4-10-18(19)20-14-25-13-7-6-12-21(25)23-20/h1-5,8-11,14H,6-7,12-13,15-16H2,(H,24,26). The van der Waals surface area contributed by atoms with Crippen molar-refractivity contribution in [2.45, 2.75) is 32.4 Å². The van der Waals surface area contributed by atoms with Gasteiger partial charge in [0.15, 0.2) is 0 Å². The summed E-state index contributed by atoms with van der Waals surface area (Å²) in [6.45, 7) is 1.46. The van der Waals surface area contributed by atoms with E-state index in [4.69, 9.17) is 9.72 Å². The van der Waals surface area contributed by atoms with E-state index in [0.717, 1.165) is 41.3 Å². The summed E-state index contributed by atoms with van der Waals surface area (Å²) in [6.07, 6.45) is 5.49. The fraction of sp³-hybridized carbons (Fsp3) is 0.273. The second kappa shape index (κ2) is 8.18. The number of amides is 1. The normalized spacial score (nSPS) is 13.2. The summed E-state index contributed by atoms with van der Waals surface area (Å²) in [4.78, 5) is 17.1. The summed E-state index contributed by atoms with van der Waals surface area (Å²) in [7, 11) is 0. The molecule has 0 unspecified atom stereocenters. The van der Waals surface area contributed by atoms with Gasteiger partial charge in [0.25, 0.3) is 0 Å². The number of aromatic nitrogens is 2. The van der Waals surface area contributed by atoms with Crippen molar-refractivity contribution in [3.63, 3.8) is 0 Å². The lowest BCUT2D eigenvalue weighted by atomic mass is 10.1. The number of hydrogen-bond donors (Lipinski definition) is 1. The van der Waals surface area contributed by atoms with Gasteiger partial charge in [-0.1, -0.05) is 48.5 Å². The fourth-order valence-electron chi connectivity index (χ4n) is 3.38. The van der Waals surface area contributed by atoms with Crippen molar-refractivity contribution in [3.8, 4) is 11.3 Å². The number of rotatable bonds is 6. The van der Waals surface area contributed by atoms with Gasteiger partial charge in [0.2, 0.25) is 5.91 Å². The predicted octanol–water partition coefficient (Wildman–Crippen LogP) is 4.04. The minimum absolute atomic E-state index is 0.0168. The highest BCUT2D eigenvalue weighted by Crippen LogP contribution is 2.28. The molecule has 0 aliphatic carbocycles. The van der Waals surface area contributed by atoms with Crippen molar-refractivity contribution >= 4 is 11.6 Å². The van der Waals surface area contributed by atoms with Gasteiger partial charge in [-0.3, -0.25) is 4.79 Å². The first-order valence-electron chi connectivity index (χ1n) is 9.36. The van der Waals surface area contributed by atoms with Crippen molar-refractivity contribution in [3.05, 3.63) is 72.2 Å². The minimum Gasteiger partial charge on any atom is -0.367 e. The maximum atomic E-state index is 12.3. The van der Waals surface area contributed by atoms with E-state index in [-0.39, 0.29) is 12.5 Å². The zero-order chi connectivity index (χ0) is 18.5. The Hall–Kier alpha value is -2.92. The molecule has 1 aliphatic rings. The average molecular weight is 361 g/mol. The average Bonchev–Trinajstić information content (AvgIpc) is 3.13. The van der Waals surface area contributed by atoms with E-state index in [1.807, 2.05) is 54.6 Å². The summed E-state index contributed by atoms with van der Waals surface area (Å²) >= 11 is 0. The second-order valence-electron chi connectivity index (χ2n) is 6.77. The van der Waals surface area contributed by atoms with Gasteiger partial charge in [0.1, 0.15) is 12.4 Å². The van der Waals surface area contributed by atoms with Crippen LogP contribution < -0.4 is 5.32 Å². The van der Waals surface area contributed by atoms with E-state index in [2.05, 4.69) is 16.1 Å². The number of anilines is 1. The molecule has 1 N–H and O–H groups in total. The molecule has 5 nitrogen and oxygen atoms in total. The van der Waals surface area contributed by atoms with E-state index in [1.165, 1.54) is 12.8 Å². The zero-order valence-electron chi connectivity index (χ0n) is 15.2. The number of fused-ring (bicyclic) bond motifs is 1. The Morgan fingerprint density at radius 3 is 2.74 bits per heavy atom. The molecule has 1 amide bonds. The van der Waals surface area contributed by atoms with Crippen LogP contribution in [0.15, 0.2) is 60.8 Å². The number of para-hydroxylation sites is 1. The minimum atomic E-state index is -0.164. The zero-order valence-corrected chi connectivity index (χ0v) is 15.2. The second-order valence-corrected chi connectivity index (χ2v) is 6.77. The molecular formula is C22H23N3O2. The van der Waals surface area contributed by atoms with Gasteiger partial charge in [0.05, 0.1) is 18.0 Å². The summed E-state index contributed by atoms with van der Waals surface area (Å²) in [5, 5.41) is 2.96. The Morgan fingerprint density at radius 1 is 1.07 bits per heavy atom. The molecule has 1 aromatic heterocycles. The summed E-state index contributed by atoms with van der Waals surface area (Å²) in [6, 6.07) is 17.6. The van der Waals surface area contributed by atoms with Crippen molar-refractivity contribution in [1.29, 1.82) is 0 Å². The molecule has 0 spiro atoms. The van der Waals surface area contributed by atoms with Crippen LogP contribution in [-0.2, 0) is 29.1 Å². The Labute approximate surface area is 159 Å². The molecule has 0 saturated heterocycles. The number of aryl methyl sites for hydroxylation is 2. The van der Waals surface area contributed by atoms with Crippen LogP contribution in [0.4, 0.5) is 5.69 Å². The lowest BCUT2D eigenvalue weighted by Gasteiger charge is -2.11. The Bertz CT molecular complexity index is 895. The molecule has 5 heteroatoms. The predicted molar refractivity (Wildman–Crippen MR) is 105 cm³/mol. The Kier molecular flexibility index (Phi) is 5.30. The van der Waals surface area contributed by atoms with E-state index in [0.29, 0.717) is 6.61 Å². The van der Waals surface area contributed by atoms with Gasteiger partial charge in [-0.15, -0.1) is 0 Å². The van der Waals surface area contributed by atoms with Gasteiger partial charge in [-0.25, -0.2) is 4.98 Å². The molecular weight excluding hydrogens is 338 g/mol. The van der Waals surface area contributed by atoms with Crippen molar-refractivity contribution in [2.75, 3.05) is 11.9 Å². The summed E-state index contributed by atoms with van der Waals surface area (Å²) < 4.78 is 7.76. The first kappa shape index (κ1) is 17.5. The van der Waals surface area contributed by atoms with Crippen LogP contribution in [0.3, 0.4) is 0 Å². The van der Waals surface area contributed by atoms with Crippen LogP contribution in [0, 0.1) is 0 Å². The highest BCUT2D eigenvalue weighted by molar-refractivity contribution is 5.95. The molecule has 2 aromatic carbocycles. The molecule has 138 valence electrons. The molecule has 27 heavy (non-hydrogen) atoms. The van der Waals surface area contributed by atoms with Gasteiger partial charge < -0.3 is 14.6 Å². The van der Waals surface area contributed by atoms with Crippen molar-refractivity contribution in [1.82, 2.24) is 9.55 Å². The van der Waals surface area contributed by atoms with E-state index in [9.17, 15) is 4.79 Å². The maximum Gasteiger partial charge on any atom is 0.250 e. The molecule has 1 aliphatic heterocycles. The molecule has 0 fully saturated rings. The lowest BCUT2D eigenvalue weighted by molar-refractivity contribution is -0.121. The van der Waals surface area contributed by atoms with Crippen LogP contribution in [0.25, 0.3) is 11.3 Å². The van der Waals surface area contributed by atoms with E-state index in [1.54, 1.807) is 0 Å². The number of carbonyl (C=O) groups is 1. The third-order valence-electron chi connectivity index (χ3n) is 4.73. The number of benzene rings is 2. The molecule has 0 radical (unpaired) electrons. The van der Waals surface area contributed by atoms with E-state index >= 15 is 0 Å². The summed E-state index contributed by atoms with van der Waals surface area (Å²) in [5.74, 6) is 0.964. The largest absolute Gasteiger partial charge is 0.367 e. The number of nitrogens with zero attached hydrogens (tertiary/aromatic N) is 2. The lowest BCUT2D eigenvalue weighted by Crippen LogP contribution is -2.18. The fourth-order valence-corrected chi connectivity index (χ4v) is 3.38. The highest BCUT2D eigenvalue weighted by atomic mass is 16.5. The number of hydrogen-bond acceptors (Lipinski definition) is 3. The monoisotopic (exact) mass is 361 g/mol. The van der Waals surface area contributed by atoms with Gasteiger partial charge in [-0.2, -0.15) is 0 Å². The number of carbonyl (C=O) groups excluding carboxylic acids is 1. The highest BCUT2D eigenvalue weighted by Gasteiger charge is 2.16. The molecule has 0 atom stereocenters. The van der Waals surface area contributed by atoms with Crippen molar-refractivity contribution < 1.29 is 9.53 Å². The summed E-state index contributed by atoms with van der Waals surface area (Å²) in [5.41, 5.74) is 3.67. The molecule has 0 saturated carbocycles. The van der Waals surface area contributed by atoms with Gasteiger partial charge in [-0.05, 0) is 24.5 Å². The number of nitrogens with one attached hydrogen (secondary N) is 1. The molecule has 2 heterocycles. The van der Waals surface area contributed by atoms with Crippen LogP contribution in [0.1, 0.15) is 24.2 Å². The van der Waals surface area contributed by atoms with Crippen LogP contribution in [0.5, 0.6) is 0 Å². The SMILES string of the molecule is O=C(COCc1ccccc1)Nc1ccccc1-c1cn2c(n1)CCCC2. The molecule has 0 bridgehead atoms. The topological polar surface area (TPSA) is 56.1 Å². The Morgan fingerprint density at radius 2 is 1.89 bits per heavy atom. The van der Waals surface area contributed by atoms with Crippen LogP contribution in [-0.4, -0.2) is 22.1 Å². The smallest absolute Gasteiger partial charge is 0.250 e. The van der Waals surface area contributed by atoms with E-state index < -0.39 is 0 Å². The van der Waals surface area contributed by atoms with Gasteiger partial charge >= 0.3 is 0 Å². The van der Waals surface area contributed by atoms with Crippen LogP contribution >= 0.6 is 0 Å². The first-order valence-corrected chi connectivity index (χ1v) is 9.36. The molecule has 4 rings (SSSR count). The van der Waals surface area contributed by atoms with Gasteiger partial charge in [0, 0.05) is 24.7 Å². The first-order chi connectivity index (χ1) is 13.3. The molecule has 3 aromatic rings. The third kappa shape index (κ3) is 4.26. The van der Waals surface area contributed by atoms with Crippen molar-refractivity contribution in [2.24, 2.45) is 0 Å². The van der Waals surface area contributed by atoms with Crippen LogP contribution in [0.2, 0.25) is 0 Å². The maximum absolute atomic E-state index is 12.3. The number of ether oxygens (including phenoxy) is 1. The Balaban J connectivity index is 1.42. The quantitative estimate of drug-likeness (QED) is 0.721. The third-order valence-corrected chi connectivity index (χ3v) is 4.73.